The van der Waals surface area contributed by atoms with Crippen molar-refractivity contribution in [3.8, 4) is 0 Å². The lowest BCUT2D eigenvalue weighted by atomic mass is 10.1. The summed E-state index contributed by atoms with van der Waals surface area (Å²) in [6, 6.07) is 9.94. The number of nitrogens with zero attached hydrogens (tertiary/aromatic N) is 3. The summed E-state index contributed by atoms with van der Waals surface area (Å²) in [5.74, 6) is 0.795. The highest BCUT2D eigenvalue weighted by Crippen LogP contribution is 2.20. The van der Waals surface area contributed by atoms with Gasteiger partial charge in [0.2, 0.25) is 5.91 Å². The van der Waals surface area contributed by atoms with Crippen molar-refractivity contribution in [1.82, 2.24) is 15.1 Å². The summed E-state index contributed by atoms with van der Waals surface area (Å²) >= 11 is 1.24. The van der Waals surface area contributed by atoms with E-state index in [1.54, 1.807) is 14.1 Å². The first-order valence-electron chi connectivity index (χ1n) is 6.59. The average Bonchev–Trinajstić information content (AvgIpc) is 2.94. The Hall–Kier alpha value is -1.57. The molecule has 1 amide bonds. The van der Waals surface area contributed by atoms with Crippen LogP contribution in [-0.2, 0) is 11.2 Å². The molecule has 3 N–H and O–H groups in total. The first-order chi connectivity index (χ1) is 10.1. The van der Waals surface area contributed by atoms with Crippen LogP contribution in [0.25, 0.3) is 0 Å². The van der Waals surface area contributed by atoms with Crippen LogP contribution >= 0.6 is 11.8 Å². The van der Waals surface area contributed by atoms with Crippen molar-refractivity contribution in [3.05, 3.63) is 41.8 Å². The fourth-order valence-corrected chi connectivity index (χ4v) is 2.43. The molecule has 8 heteroatoms. The fourth-order valence-electron chi connectivity index (χ4n) is 1.68. The van der Waals surface area contributed by atoms with E-state index in [1.165, 1.54) is 22.2 Å². The summed E-state index contributed by atoms with van der Waals surface area (Å²) in [6.07, 6.45) is 0.740. The van der Waals surface area contributed by atoms with E-state index < -0.39 is 0 Å². The van der Waals surface area contributed by atoms with Gasteiger partial charge >= 0.3 is 0 Å². The SMILES string of the molecule is CN(C)C(=O)CSc1nnc([C@@H]([NH3+])Cc2ccccc2)o1.[Cl-]. The molecule has 1 heterocycles. The van der Waals surface area contributed by atoms with Crippen LogP contribution in [0.1, 0.15) is 17.5 Å². The quantitative estimate of drug-likeness (QED) is 0.601. The summed E-state index contributed by atoms with van der Waals surface area (Å²) < 4.78 is 5.56. The smallest absolute Gasteiger partial charge is 0.277 e. The Bertz CT molecular complexity index is 592. The number of quaternary nitrogens is 1. The van der Waals surface area contributed by atoms with E-state index >= 15 is 0 Å². The van der Waals surface area contributed by atoms with E-state index in [9.17, 15) is 4.79 Å². The first-order valence-corrected chi connectivity index (χ1v) is 7.58. The highest BCUT2D eigenvalue weighted by atomic mass is 35.5. The molecule has 0 aliphatic heterocycles. The van der Waals surface area contributed by atoms with Gasteiger partial charge in [0.15, 0.2) is 6.04 Å². The number of hydrogen-bond donors (Lipinski definition) is 1. The van der Waals surface area contributed by atoms with Crippen LogP contribution in [0.4, 0.5) is 0 Å². The van der Waals surface area contributed by atoms with Gasteiger partial charge in [0.05, 0.1) is 5.75 Å². The highest BCUT2D eigenvalue weighted by Gasteiger charge is 2.19. The number of benzene rings is 1. The van der Waals surface area contributed by atoms with Gasteiger partial charge in [-0.2, -0.15) is 0 Å². The molecule has 0 aliphatic carbocycles. The number of hydrogen-bond acceptors (Lipinski definition) is 5. The summed E-state index contributed by atoms with van der Waals surface area (Å²) in [5.41, 5.74) is 5.23. The molecule has 0 saturated carbocycles. The number of thioether (sulfide) groups is 1. The van der Waals surface area contributed by atoms with E-state index in [1.807, 2.05) is 30.3 Å². The van der Waals surface area contributed by atoms with E-state index in [-0.39, 0.29) is 30.1 Å². The van der Waals surface area contributed by atoms with E-state index in [0.717, 1.165) is 6.42 Å². The maximum Gasteiger partial charge on any atom is 0.277 e. The Morgan fingerprint density at radius 2 is 2.00 bits per heavy atom. The molecule has 0 aliphatic rings. The van der Waals surface area contributed by atoms with Crippen LogP contribution in [0.2, 0.25) is 0 Å². The van der Waals surface area contributed by atoms with Crippen molar-refractivity contribution in [3.63, 3.8) is 0 Å². The van der Waals surface area contributed by atoms with Gasteiger partial charge in [-0.1, -0.05) is 42.1 Å². The van der Waals surface area contributed by atoms with Gasteiger partial charge < -0.3 is 27.5 Å². The molecule has 0 radical (unpaired) electrons. The van der Waals surface area contributed by atoms with Crippen LogP contribution in [0.15, 0.2) is 40.0 Å². The molecule has 0 unspecified atom stereocenters. The number of amides is 1. The predicted molar refractivity (Wildman–Crippen MR) is 79.5 cm³/mol. The van der Waals surface area contributed by atoms with Gasteiger partial charge in [-0.15, -0.1) is 10.2 Å². The van der Waals surface area contributed by atoms with Crippen LogP contribution < -0.4 is 18.1 Å². The maximum atomic E-state index is 11.5. The zero-order valence-corrected chi connectivity index (χ0v) is 14.1. The van der Waals surface area contributed by atoms with Gasteiger partial charge in [-0.05, 0) is 5.56 Å². The van der Waals surface area contributed by atoms with E-state index in [2.05, 4.69) is 15.9 Å². The Kier molecular flexibility index (Phi) is 7.37. The second-order valence-electron chi connectivity index (χ2n) is 4.87. The molecular formula is C14H19ClN4O2S. The van der Waals surface area contributed by atoms with E-state index in [4.69, 9.17) is 4.42 Å². The third kappa shape index (κ3) is 5.32. The monoisotopic (exact) mass is 342 g/mol. The van der Waals surface area contributed by atoms with Crippen LogP contribution in [-0.4, -0.2) is 40.9 Å². The molecule has 1 aromatic carbocycles. The molecule has 22 heavy (non-hydrogen) atoms. The fraction of sp³-hybridized carbons (Fsp3) is 0.357. The standard InChI is InChI=1S/C14H18N4O2S.ClH/c1-18(2)12(19)9-21-14-17-16-13(20-14)11(15)8-10-6-4-3-5-7-10;/h3-7,11H,8-9,15H2,1-2H3;1H/t11-;/m0./s1. The molecule has 0 spiro atoms. The number of rotatable bonds is 6. The van der Waals surface area contributed by atoms with Crippen molar-refractivity contribution in [2.24, 2.45) is 0 Å². The zero-order chi connectivity index (χ0) is 15.2. The lowest BCUT2D eigenvalue weighted by Gasteiger charge is -2.07. The van der Waals surface area contributed by atoms with Crippen molar-refractivity contribution >= 4 is 17.7 Å². The van der Waals surface area contributed by atoms with Crippen molar-refractivity contribution < 1.29 is 27.4 Å². The van der Waals surface area contributed by atoms with Gasteiger partial charge in [0, 0.05) is 20.5 Å². The largest absolute Gasteiger partial charge is 1.00 e. The third-order valence-electron chi connectivity index (χ3n) is 2.91. The second kappa shape index (κ2) is 8.77. The van der Waals surface area contributed by atoms with Gasteiger partial charge in [-0.3, -0.25) is 4.79 Å². The number of carbonyl (C=O) groups excluding carboxylic acids is 1. The number of aromatic nitrogens is 2. The molecule has 0 saturated heterocycles. The molecule has 0 fully saturated rings. The highest BCUT2D eigenvalue weighted by molar-refractivity contribution is 7.99. The molecule has 2 aromatic rings. The Balaban J connectivity index is 0.00000242. The number of halogens is 1. The normalized spacial score (nSPS) is 11.6. The molecule has 0 bridgehead atoms. The summed E-state index contributed by atoms with van der Waals surface area (Å²) in [5, 5.41) is 8.36. The number of carbonyl (C=O) groups is 1. The minimum atomic E-state index is -0.0983. The van der Waals surface area contributed by atoms with Crippen LogP contribution in [0, 0.1) is 0 Å². The minimum Gasteiger partial charge on any atom is -1.00 e. The van der Waals surface area contributed by atoms with Crippen molar-refractivity contribution in [1.29, 1.82) is 0 Å². The molecule has 6 nitrogen and oxygen atoms in total. The molecule has 120 valence electrons. The van der Waals surface area contributed by atoms with Crippen LogP contribution in [0.5, 0.6) is 0 Å². The lowest BCUT2D eigenvalue weighted by molar-refractivity contribution is -0.431. The van der Waals surface area contributed by atoms with Crippen molar-refractivity contribution in [2.75, 3.05) is 19.8 Å². The Labute approximate surface area is 139 Å². The maximum absolute atomic E-state index is 11.5. The molecule has 2 rings (SSSR count). The first kappa shape index (κ1) is 18.5. The Morgan fingerprint density at radius 3 is 2.64 bits per heavy atom. The summed E-state index contributed by atoms with van der Waals surface area (Å²) in [6.45, 7) is 0. The second-order valence-corrected chi connectivity index (χ2v) is 5.80. The van der Waals surface area contributed by atoms with Crippen molar-refractivity contribution in [2.45, 2.75) is 17.7 Å². The molecular weight excluding hydrogens is 324 g/mol. The average molecular weight is 343 g/mol. The van der Waals surface area contributed by atoms with Crippen LogP contribution in [0.3, 0.4) is 0 Å². The molecule has 1 aromatic heterocycles. The lowest BCUT2D eigenvalue weighted by Crippen LogP contribution is -3.00. The zero-order valence-electron chi connectivity index (χ0n) is 12.5. The van der Waals surface area contributed by atoms with Gasteiger partial charge in [0.1, 0.15) is 0 Å². The molecule has 1 atom stereocenters. The topological polar surface area (TPSA) is 86.9 Å². The van der Waals surface area contributed by atoms with Gasteiger partial charge in [0.25, 0.3) is 11.1 Å². The summed E-state index contributed by atoms with van der Waals surface area (Å²) in [4.78, 5) is 13.0. The minimum absolute atomic E-state index is 0. The Morgan fingerprint density at radius 1 is 1.32 bits per heavy atom. The van der Waals surface area contributed by atoms with E-state index in [0.29, 0.717) is 11.1 Å². The van der Waals surface area contributed by atoms with Gasteiger partial charge in [-0.25, -0.2) is 0 Å². The third-order valence-corrected chi connectivity index (χ3v) is 3.72. The predicted octanol–water partition coefficient (Wildman–Crippen LogP) is -2.22. The summed E-state index contributed by atoms with van der Waals surface area (Å²) in [7, 11) is 3.43.